The number of ether oxygens (including phenoxy) is 1. The van der Waals surface area contributed by atoms with Crippen LogP contribution in [0.4, 0.5) is 5.69 Å². The molecule has 3 aromatic carbocycles. The van der Waals surface area contributed by atoms with Crippen LogP contribution in [0.15, 0.2) is 65.1 Å². The van der Waals surface area contributed by atoms with Crippen LogP contribution in [-0.4, -0.2) is 21.4 Å². The fourth-order valence-electron chi connectivity index (χ4n) is 2.95. The summed E-state index contributed by atoms with van der Waals surface area (Å²) in [4.78, 5) is 12.6. The van der Waals surface area contributed by atoms with Gasteiger partial charge in [0.1, 0.15) is 16.5 Å². The van der Waals surface area contributed by atoms with Gasteiger partial charge in [0.15, 0.2) is 11.5 Å². The number of carbonyl (C=O) groups is 1. The number of amides is 1. The number of anilines is 1. The summed E-state index contributed by atoms with van der Waals surface area (Å²) in [6, 6.07) is 16.2. The maximum Gasteiger partial charge on any atom is 0.339 e. The number of benzene rings is 3. The van der Waals surface area contributed by atoms with Crippen LogP contribution in [0, 0.1) is 28.7 Å². The van der Waals surface area contributed by atoms with E-state index in [-0.39, 0.29) is 22.0 Å². The van der Waals surface area contributed by atoms with Crippen molar-refractivity contribution in [2.75, 3.05) is 12.4 Å². The molecule has 0 aliphatic heterocycles. The second kappa shape index (κ2) is 11.1. The van der Waals surface area contributed by atoms with Crippen molar-refractivity contribution in [2.24, 2.45) is 0 Å². The Morgan fingerprint density at radius 2 is 1.80 bits per heavy atom. The maximum absolute atomic E-state index is 12.8. The molecular weight excluding hydrogens is 603 g/mol. The molecule has 0 unspecified atom stereocenters. The normalized spacial score (nSPS) is 11.5. The molecule has 1 N–H and O–H groups in total. The monoisotopic (exact) mass is 622 g/mol. The summed E-state index contributed by atoms with van der Waals surface area (Å²) in [6.45, 7) is 3.68. The molecule has 0 saturated heterocycles. The molecule has 0 aliphatic carbocycles. The third kappa shape index (κ3) is 6.54. The SMILES string of the molecule is COc1cc(/C=C(\C#N)C(=O)Nc2ccc(C)c(Cl)c2)cc(I)c1OS(=O)(=O)c1ccc(C)cc1. The Labute approximate surface area is 222 Å². The Balaban J connectivity index is 1.90. The van der Waals surface area contributed by atoms with Crippen molar-refractivity contribution in [3.63, 3.8) is 0 Å². The molecule has 10 heteroatoms. The number of aryl methyl sites for hydroxylation is 2. The molecule has 0 saturated carbocycles. The number of halogens is 2. The highest BCUT2D eigenvalue weighted by Crippen LogP contribution is 2.36. The minimum absolute atomic E-state index is 0.00285. The average molecular weight is 623 g/mol. The second-order valence-electron chi connectivity index (χ2n) is 7.47. The Hall–Kier alpha value is -3.07. The zero-order valence-electron chi connectivity index (χ0n) is 18.9. The first-order chi connectivity index (χ1) is 16.5. The zero-order chi connectivity index (χ0) is 25.8. The van der Waals surface area contributed by atoms with Crippen LogP contribution in [0.2, 0.25) is 5.02 Å². The molecule has 180 valence electrons. The summed E-state index contributed by atoms with van der Waals surface area (Å²) >= 11 is 8.00. The molecule has 1 amide bonds. The molecule has 3 rings (SSSR count). The molecule has 0 atom stereocenters. The van der Waals surface area contributed by atoms with Crippen molar-refractivity contribution in [1.82, 2.24) is 0 Å². The number of methoxy groups -OCH3 is 1. The minimum Gasteiger partial charge on any atom is -0.493 e. The lowest BCUT2D eigenvalue weighted by molar-refractivity contribution is -0.112. The van der Waals surface area contributed by atoms with Gasteiger partial charge in [-0.15, -0.1) is 0 Å². The van der Waals surface area contributed by atoms with E-state index in [1.807, 2.05) is 42.5 Å². The lowest BCUT2D eigenvalue weighted by atomic mass is 10.1. The van der Waals surface area contributed by atoms with Gasteiger partial charge < -0.3 is 14.2 Å². The summed E-state index contributed by atoms with van der Waals surface area (Å²) in [5.74, 6) is -0.492. The number of hydrogen-bond donors (Lipinski definition) is 1. The molecule has 0 radical (unpaired) electrons. The predicted molar refractivity (Wildman–Crippen MR) is 143 cm³/mol. The molecular formula is C25H20ClIN2O5S. The van der Waals surface area contributed by atoms with E-state index in [0.29, 0.717) is 19.8 Å². The van der Waals surface area contributed by atoms with Gasteiger partial charge in [-0.05, 0) is 90.0 Å². The topological polar surface area (TPSA) is 105 Å². The van der Waals surface area contributed by atoms with Gasteiger partial charge in [0.25, 0.3) is 5.91 Å². The number of rotatable bonds is 7. The molecule has 35 heavy (non-hydrogen) atoms. The van der Waals surface area contributed by atoms with Gasteiger partial charge in [-0.25, -0.2) is 0 Å². The van der Waals surface area contributed by atoms with Crippen LogP contribution < -0.4 is 14.2 Å². The van der Waals surface area contributed by atoms with Crippen molar-refractivity contribution in [1.29, 1.82) is 5.26 Å². The van der Waals surface area contributed by atoms with Crippen LogP contribution in [0.1, 0.15) is 16.7 Å². The van der Waals surface area contributed by atoms with E-state index in [2.05, 4.69) is 5.32 Å². The minimum atomic E-state index is -4.11. The third-order valence-electron chi connectivity index (χ3n) is 4.86. The van der Waals surface area contributed by atoms with Crippen molar-refractivity contribution >= 4 is 62.0 Å². The van der Waals surface area contributed by atoms with E-state index in [4.69, 9.17) is 20.5 Å². The van der Waals surface area contributed by atoms with E-state index >= 15 is 0 Å². The number of nitrogens with one attached hydrogen (secondary N) is 1. The fourth-order valence-corrected chi connectivity index (χ4v) is 4.97. The molecule has 7 nitrogen and oxygen atoms in total. The van der Waals surface area contributed by atoms with Gasteiger partial charge in [0.05, 0.1) is 10.7 Å². The van der Waals surface area contributed by atoms with Crippen LogP contribution in [0.25, 0.3) is 6.08 Å². The molecule has 0 aliphatic rings. The summed E-state index contributed by atoms with van der Waals surface area (Å²) in [5.41, 5.74) is 2.49. The average Bonchev–Trinajstić information content (AvgIpc) is 2.81. The standard InChI is InChI=1S/C25H20ClIN2O5S/c1-15-4-8-20(9-5-15)35(31,32)34-24-22(27)11-17(12-23(24)33-3)10-18(14-28)25(30)29-19-7-6-16(2)21(26)13-19/h4-13H,1-3H3,(H,29,30)/b18-10+. The van der Waals surface area contributed by atoms with Gasteiger partial charge in [-0.1, -0.05) is 35.4 Å². The van der Waals surface area contributed by atoms with E-state index in [1.54, 1.807) is 36.4 Å². The van der Waals surface area contributed by atoms with Crippen molar-refractivity contribution < 1.29 is 22.1 Å². The Bertz CT molecular complexity index is 1460. The maximum atomic E-state index is 12.8. The van der Waals surface area contributed by atoms with Crippen molar-refractivity contribution in [2.45, 2.75) is 18.7 Å². The summed E-state index contributed by atoms with van der Waals surface area (Å²) in [6.07, 6.45) is 1.37. The quantitative estimate of drug-likeness (QED) is 0.153. The highest BCUT2D eigenvalue weighted by atomic mass is 127. The van der Waals surface area contributed by atoms with Crippen molar-refractivity contribution in [3.8, 4) is 17.6 Å². The number of hydrogen-bond acceptors (Lipinski definition) is 6. The Morgan fingerprint density at radius 3 is 2.40 bits per heavy atom. The first-order valence-electron chi connectivity index (χ1n) is 10.1. The fraction of sp³-hybridized carbons (Fsp3) is 0.120. The van der Waals surface area contributed by atoms with Crippen molar-refractivity contribution in [3.05, 3.63) is 85.5 Å². The first-order valence-corrected chi connectivity index (χ1v) is 13.0. The van der Waals surface area contributed by atoms with E-state index < -0.39 is 16.0 Å². The highest BCUT2D eigenvalue weighted by molar-refractivity contribution is 14.1. The molecule has 0 bridgehead atoms. The van der Waals surface area contributed by atoms with Crippen LogP contribution >= 0.6 is 34.2 Å². The lowest BCUT2D eigenvalue weighted by Crippen LogP contribution is -2.13. The van der Waals surface area contributed by atoms with Gasteiger partial charge in [-0.3, -0.25) is 4.79 Å². The van der Waals surface area contributed by atoms with E-state index in [1.165, 1.54) is 31.4 Å². The Morgan fingerprint density at radius 1 is 1.11 bits per heavy atom. The molecule has 0 fully saturated rings. The van der Waals surface area contributed by atoms with E-state index in [9.17, 15) is 18.5 Å². The third-order valence-corrected chi connectivity index (χ3v) is 7.30. The van der Waals surface area contributed by atoms with E-state index in [0.717, 1.165) is 11.1 Å². The highest BCUT2D eigenvalue weighted by Gasteiger charge is 2.22. The van der Waals surface area contributed by atoms with Crippen LogP contribution in [0.5, 0.6) is 11.5 Å². The molecule has 0 spiro atoms. The number of carbonyl (C=O) groups excluding carboxylic acids is 1. The van der Waals surface area contributed by atoms with Gasteiger partial charge in [-0.2, -0.15) is 13.7 Å². The van der Waals surface area contributed by atoms with Gasteiger partial charge in [0.2, 0.25) is 0 Å². The van der Waals surface area contributed by atoms with Gasteiger partial charge >= 0.3 is 10.1 Å². The molecule has 0 heterocycles. The van der Waals surface area contributed by atoms with Crippen LogP contribution in [-0.2, 0) is 14.9 Å². The summed E-state index contributed by atoms with van der Waals surface area (Å²) in [5, 5.41) is 12.7. The smallest absolute Gasteiger partial charge is 0.339 e. The lowest BCUT2D eigenvalue weighted by Gasteiger charge is -2.14. The zero-order valence-corrected chi connectivity index (χ0v) is 22.7. The number of nitriles is 1. The summed E-state index contributed by atoms with van der Waals surface area (Å²) in [7, 11) is -2.74. The molecule has 3 aromatic rings. The van der Waals surface area contributed by atoms with Gasteiger partial charge in [0, 0.05) is 10.7 Å². The Kier molecular flexibility index (Phi) is 8.43. The largest absolute Gasteiger partial charge is 0.493 e. The molecule has 0 aromatic heterocycles. The number of nitrogens with zero attached hydrogens (tertiary/aromatic N) is 1. The van der Waals surface area contributed by atoms with Crippen LogP contribution in [0.3, 0.4) is 0 Å². The first kappa shape index (κ1) is 26.5. The second-order valence-corrected chi connectivity index (χ2v) is 10.6. The summed E-state index contributed by atoms with van der Waals surface area (Å²) < 4.78 is 36.6. The predicted octanol–water partition coefficient (Wildman–Crippen LogP) is 5.88.